The monoisotopic (exact) mass is 215 g/mol. The normalized spacial score (nSPS) is 10.1. The number of aryl methyl sites for hydroxylation is 2. The summed E-state index contributed by atoms with van der Waals surface area (Å²) in [5.41, 5.74) is 7.55. The van der Waals surface area contributed by atoms with Gasteiger partial charge in [-0.3, -0.25) is 0 Å². The van der Waals surface area contributed by atoms with E-state index in [1.54, 1.807) is 6.20 Å². The highest BCUT2D eigenvalue weighted by Crippen LogP contribution is 2.22. The number of nitrogens with two attached hydrogens (primary N) is 1. The zero-order chi connectivity index (χ0) is 11.5. The van der Waals surface area contributed by atoms with Gasteiger partial charge in [0.1, 0.15) is 5.75 Å². The van der Waals surface area contributed by atoms with Crippen molar-refractivity contribution in [3.05, 3.63) is 41.6 Å². The van der Waals surface area contributed by atoms with Gasteiger partial charge in [-0.05, 0) is 26.0 Å². The first-order valence-electron chi connectivity index (χ1n) is 4.99. The van der Waals surface area contributed by atoms with E-state index in [1.165, 1.54) is 5.56 Å². The molecule has 0 unspecified atom stereocenters. The average Bonchev–Trinajstić information content (AvgIpc) is 2.27. The van der Waals surface area contributed by atoms with Crippen LogP contribution in [0.4, 0.5) is 5.95 Å². The minimum atomic E-state index is 0.215. The second-order valence-corrected chi connectivity index (χ2v) is 3.63. The highest BCUT2D eigenvalue weighted by atomic mass is 16.5. The molecule has 1 aromatic heterocycles. The Kier molecular flexibility index (Phi) is 2.72. The summed E-state index contributed by atoms with van der Waals surface area (Å²) in [6.45, 7) is 3.90. The van der Waals surface area contributed by atoms with E-state index in [9.17, 15) is 0 Å². The van der Waals surface area contributed by atoms with E-state index in [0.29, 0.717) is 5.88 Å². The van der Waals surface area contributed by atoms with E-state index in [4.69, 9.17) is 10.5 Å². The topological polar surface area (TPSA) is 61.0 Å². The quantitative estimate of drug-likeness (QED) is 0.835. The number of nitrogens with zero attached hydrogens (tertiary/aromatic N) is 2. The van der Waals surface area contributed by atoms with Crippen molar-refractivity contribution in [2.24, 2.45) is 0 Å². The van der Waals surface area contributed by atoms with Crippen LogP contribution in [-0.4, -0.2) is 9.97 Å². The number of hydrogen-bond donors (Lipinski definition) is 1. The van der Waals surface area contributed by atoms with E-state index in [0.717, 1.165) is 11.3 Å². The van der Waals surface area contributed by atoms with Gasteiger partial charge in [0, 0.05) is 11.8 Å². The molecule has 0 spiro atoms. The third-order valence-electron chi connectivity index (χ3n) is 2.18. The number of anilines is 1. The maximum Gasteiger partial charge on any atom is 0.226 e. The molecular weight excluding hydrogens is 202 g/mol. The molecule has 0 aliphatic heterocycles. The van der Waals surface area contributed by atoms with Crippen molar-refractivity contribution in [1.29, 1.82) is 0 Å². The smallest absolute Gasteiger partial charge is 0.226 e. The van der Waals surface area contributed by atoms with E-state index in [1.807, 2.05) is 38.1 Å². The predicted octanol–water partition coefficient (Wildman–Crippen LogP) is 2.47. The van der Waals surface area contributed by atoms with Crippen LogP contribution in [0.2, 0.25) is 0 Å². The first-order valence-corrected chi connectivity index (χ1v) is 4.99. The predicted molar refractivity (Wildman–Crippen MR) is 62.4 cm³/mol. The first kappa shape index (κ1) is 10.4. The molecule has 16 heavy (non-hydrogen) atoms. The third kappa shape index (κ3) is 2.28. The second kappa shape index (κ2) is 4.18. The van der Waals surface area contributed by atoms with Gasteiger partial charge in [0.15, 0.2) is 0 Å². The molecule has 0 aliphatic rings. The molecule has 0 saturated heterocycles. The average molecular weight is 215 g/mol. The lowest BCUT2D eigenvalue weighted by atomic mass is 10.2. The highest BCUT2D eigenvalue weighted by molar-refractivity contribution is 5.34. The summed E-state index contributed by atoms with van der Waals surface area (Å²) in [5.74, 6) is 1.45. The molecule has 0 bridgehead atoms. The van der Waals surface area contributed by atoms with Crippen LogP contribution in [0.3, 0.4) is 0 Å². The van der Waals surface area contributed by atoms with Gasteiger partial charge < -0.3 is 10.5 Å². The number of rotatable bonds is 2. The van der Waals surface area contributed by atoms with Crippen molar-refractivity contribution in [3.63, 3.8) is 0 Å². The van der Waals surface area contributed by atoms with Crippen molar-refractivity contribution >= 4 is 5.95 Å². The van der Waals surface area contributed by atoms with E-state index in [2.05, 4.69) is 9.97 Å². The van der Waals surface area contributed by atoms with Crippen LogP contribution in [0.15, 0.2) is 30.5 Å². The van der Waals surface area contributed by atoms with E-state index >= 15 is 0 Å². The van der Waals surface area contributed by atoms with Gasteiger partial charge in [0.25, 0.3) is 0 Å². The molecule has 82 valence electrons. The molecule has 0 atom stereocenters. The summed E-state index contributed by atoms with van der Waals surface area (Å²) in [6.07, 6.45) is 1.64. The number of nitrogen functional groups attached to an aromatic ring is 1. The molecular formula is C12H13N3O. The minimum absolute atomic E-state index is 0.215. The Morgan fingerprint density at radius 1 is 1.12 bits per heavy atom. The summed E-state index contributed by atoms with van der Waals surface area (Å²) in [5, 5.41) is 0. The molecule has 2 rings (SSSR count). The fourth-order valence-corrected chi connectivity index (χ4v) is 1.26. The molecule has 2 aromatic rings. The van der Waals surface area contributed by atoms with Crippen molar-refractivity contribution in [2.75, 3.05) is 5.73 Å². The molecule has 2 N–H and O–H groups in total. The van der Waals surface area contributed by atoms with Crippen molar-refractivity contribution in [2.45, 2.75) is 13.8 Å². The molecule has 1 aromatic carbocycles. The summed E-state index contributed by atoms with van der Waals surface area (Å²) in [4.78, 5) is 7.92. The largest absolute Gasteiger partial charge is 0.439 e. The fraction of sp³-hybridized carbons (Fsp3) is 0.167. The Bertz CT molecular complexity index is 494. The lowest BCUT2D eigenvalue weighted by Crippen LogP contribution is -1.98. The zero-order valence-corrected chi connectivity index (χ0v) is 9.27. The fourth-order valence-electron chi connectivity index (χ4n) is 1.26. The Morgan fingerprint density at radius 3 is 2.50 bits per heavy atom. The number of benzene rings is 1. The Morgan fingerprint density at radius 2 is 1.81 bits per heavy atom. The third-order valence-corrected chi connectivity index (χ3v) is 2.18. The summed E-state index contributed by atoms with van der Waals surface area (Å²) in [7, 11) is 0. The van der Waals surface area contributed by atoms with Gasteiger partial charge in [-0.1, -0.05) is 17.7 Å². The second-order valence-electron chi connectivity index (χ2n) is 3.63. The summed E-state index contributed by atoms with van der Waals surface area (Å²) >= 11 is 0. The SMILES string of the molecule is Cc1ccc(Oc2nc(N)ncc2C)cc1. The van der Waals surface area contributed by atoms with Crippen LogP contribution in [0.5, 0.6) is 11.6 Å². The van der Waals surface area contributed by atoms with Gasteiger partial charge in [-0.2, -0.15) is 4.98 Å². The zero-order valence-electron chi connectivity index (χ0n) is 9.27. The van der Waals surface area contributed by atoms with E-state index in [-0.39, 0.29) is 5.95 Å². The first-order chi connectivity index (χ1) is 7.65. The van der Waals surface area contributed by atoms with Crippen LogP contribution in [0, 0.1) is 13.8 Å². The number of aromatic nitrogens is 2. The minimum Gasteiger partial charge on any atom is -0.439 e. The Balaban J connectivity index is 2.26. The van der Waals surface area contributed by atoms with E-state index < -0.39 is 0 Å². The molecule has 0 aliphatic carbocycles. The maximum absolute atomic E-state index is 5.61. The van der Waals surface area contributed by atoms with Crippen LogP contribution in [0.25, 0.3) is 0 Å². The molecule has 4 nitrogen and oxygen atoms in total. The molecule has 0 radical (unpaired) electrons. The standard InChI is InChI=1S/C12H13N3O/c1-8-3-5-10(6-4-8)16-11-9(2)7-14-12(13)15-11/h3-7H,1-2H3,(H2,13,14,15). The van der Waals surface area contributed by atoms with Gasteiger partial charge in [-0.25, -0.2) is 4.98 Å². The van der Waals surface area contributed by atoms with Crippen molar-refractivity contribution in [1.82, 2.24) is 9.97 Å². The summed E-state index contributed by atoms with van der Waals surface area (Å²) in [6, 6.07) is 7.75. The van der Waals surface area contributed by atoms with Gasteiger partial charge in [0.05, 0.1) is 0 Å². The lowest BCUT2D eigenvalue weighted by molar-refractivity contribution is 0.458. The number of ether oxygens (including phenoxy) is 1. The van der Waals surface area contributed by atoms with Crippen LogP contribution >= 0.6 is 0 Å². The van der Waals surface area contributed by atoms with Crippen molar-refractivity contribution in [3.8, 4) is 11.6 Å². The highest BCUT2D eigenvalue weighted by Gasteiger charge is 2.04. The van der Waals surface area contributed by atoms with Crippen LogP contribution in [0.1, 0.15) is 11.1 Å². The number of hydrogen-bond acceptors (Lipinski definition) is 4. The summed E-state index contributed by atoms with van der Waals surface area (Å²) < 4.78 is 5.61. The molecule has 0 saturated carbocycles. The van der Waals surface area contributed by atoms with Gasteiger partial charge in [0.2, 0.25) is 11.8 Å². The molecule has 4 heteroatoms. The van der Waals surface area contributed by atoms with Crippen LogP contribution < -0.4 is 10.5 Å². The Hall–Kier alpha value is -2.10. The van der Waals surface area contributed by atoms with Gasteiger partial charge >= 0.3 is 0 Å². The Labute approximate surface area is 94.1 Å². The molecule has 1 heterocycles. The maximum atomic E-state index is 5.61. The van der Waals surface area contributed by atoms with Crippen LogP contribution in [-0.2, 0) is 0 Å². The molecule has 0 amide bonds. The molecule has 0 fully saturated rings. The van der Waals surface area contributed by atoms with Gasteiger partial charge in [-0.15, -0.1) is 0 Å². The van der Waals surface area contributed by atoms with Crippen molar-refractivity contribution < 1.29 is 4.74 Å². The lowest BCUT2D eigenvalue weighted by Gasteiger charge is -2.07.